The van der Waals surface area contributed by atoms with E-state index in [-0.39, 0.29) is 17.9 Å². The number of likely N-dealkylation sites (tertiary alicyclic amines) is 1. The number of hydrogen-bond acceptors (Lipinski definition) is 4. The van der Waals surface area contributed by atoms with E-state index < -0.39 is 6.04 Å². The summed E-state index contributed by atoms with van der Waals surface area (Å²) in [6.07, 6.45) is 6.03. The summed E-state index contributed by atoms with van der Waals surface area (Å²) >= 11 is 0. The van der Waals surface area contributed by atoms with E-state index in [1.807, 2.05) is 55.5 Å². The number of nitrogens with one attached hydrogen (secondary N) is 2. The van der Waals surface area contributed by atoms with Gasteiger partial charge in [0.1, 0.15) is 12.1 Å². The van der Waals surface area contributed by atoms with Crippen molar-refractivity contribution in [2.24, 2.45) is 0 Å². The van der Waals surface area contributed by atoms with Gasteiger partial charge in [0.15, 0.2) is 0 Å². The molecular weight excluding hydrogens is 412 g/mol. The molecule has 2 aromatic rings. The van der Waals surface area contributed by atoms with Crippen LogP contribution in [0.4, 0.5) is 11.4 Å². The highest BCUT2D eigenvalue weighted by molar-refractivity contribution is 5.98. The fourth-order valence-electron chi connectivity index (χ4n) is 4.96. The molecule has 0 aromatic heterocycles. The minimum absolute atomic E-state index is 0.0949. The monoisotopic (exact) mass is 448 g/mol. The van der Waals surface area contributed by atoms with Crippen molar-refractivity contribution in [2.75, 3.05) is 36.4 Å². The number of hydrogen-bond donors (Lipinski definition) is 2. The molecule has 2 N–H and O–H groups in total. The van der Waals surface area contributed by atoms with E-state index >= 15 is 0 Å². The predicted octanol–water partition coefficient (Wildman–Crippen LogP) is 4.35. The van der Waals surface area contributed by atoms with E-state index in [1.54, 1.807) is 0 Å². The van der Waals surface area contributed by atoms with Gasteiger partial charge in [0.2, 0.25) is 11.8 Å². The first-order valence-electron chi connectivity index (χ1n) is 12.4. The zero-order valence-electron chi connectivity index (χ0n) is 19.6. The van der Waals surface area contributed by atoms with Crippen LogP contribution in [-0.4, -0.2) is 48.9 Å². The average molecular weight is 449 g/mol. The van der Waals surface area contributed by atoms with Gasteiger partial charge in [-0.15, -0.1) is 0 Å². The fraction of sp³-hybridized carbons (Fsp3) is 0.481. The van der Waals surface area contributed by atoms with Crippen molar-refractivity contribution in [3.8, 4) is 0 Å². The van der Waals surface area contributed by atoms with Crippen LogP contribution in [0.2, 0.25) is 0 Å². The summed E-state index contributed by atoms with van der Waals surface area (Å²) < 4.78 is 0. The van der Waals surface area contributed by atoms with E-state index in [1.165, 1.54) is 12.8 Å². The highest BCUT2D eigenvalue weighted by Crippen LogP contribution is 2.26. The highest BCUT2D eigenvalue weighted by Gasteiger charge is 2.32. The molecule has 0 saturated carbocycles. The van der Waals surface area contributed by atoms with Crippen LogP contribution in [0.15, 0.2) is 54.6 Å². The van der Waals surface area contributed by atoms with Crippen molar-refractivity contribution >= 4 is 23.2 Å². The van der Waals surface area contributed by atoms with E-state index in [0.717, 1.165) is 62.4 Å². The van der Waals surface area contributed by atoms with Gasteiger partial charge < -0.3 is 15.5 Å². The number of rotatable bonds is 9. The average Bonchev–Trinajstić information content (AvgIpc) is 3.55. The summed E-state index contributed by atoms with van der Waals surface area (Å²) in [6, 6.07) is 17.0. The molecule has 6 heteroatoms. The lowest BCUT2D eigenvalue weighted by Gasteiger charge is -2.29. The van der Waals surface area contributed by atoms with Crippen molar-refractivity contribution in [1.82, 2.24) is 10.2 Å². The summed E-state index contributed by atoms with van der Waals surface area (Å²) in [4.78, 5) is 31.2. The van der Waals surface area contributed by atoms with Crippen molar-refractivity contribution in [3.63, 3.8) is 0 Å². The quantitative estimate of drug-likeness (QED) is 0.599. The molecule has 2 atom stereocenters. The van der Waals surface area contributed by atoms with E-state index in [4.69, 9.17) is 0 Å². The summed E-state index contributed by atoms with van der Waals surface area (Å²) in [5, 5.41) is 6.13. The van der Waals surface area contributed by atoms with Gasteiger partial charge in [0, 0.05) is 24.5 Å². The lowest BCUT2D eigenvalue weighted by molar-refractivity contribution is -0.130. The largest absolute Gasteiger partial charge is 0.371 e. The molecule has 2 amide bonds. The van der Waals surface area contributed by atoms with Crippen LogP contribution >= 0.6 is 0 Å². The molecule has 0 spiro atoms. The van der Waals surface area contributed by atoms with Gasteiger partial charge in [-0.1, -0.05) is 49.7 Å². The van der Waals surface area contributed by atoms with Gasteiger partial charge in [-0.2, -0.15) is 0 Å². The first kappa shape index (κ1) is 23.3. The van der Waals surface area contributed by atoms with Crippen LogP contribution in [0, 0.1) is 0 Å². The molecule has 2 aliphatic rings. The van der Waals surface area contributed by atoms with Crippen LogP contribution in [0.5, 0.6) is 0 Å². The van der Waals surface area contributed by atoms with Crippen molar-refractivity contribution in [1.29, 1.82) is 0 Å². The molecule has 2 fully saturated rings. The van der Waals surface area contributed by atoms with Crippen LogP contribution in [0.3, 0.4) is 0 Å². The first-order valence-corrected chi connectivity index (χ1v) is 12.4. The molecule has 2 saturated heterocycles. The molecule has 0 radical (unpaired) electrons. The second kappa shape index (κ2) is 11.3. The summed E-state index contributed by atoms with van der Waals surface area (Å²) in [5.74, 6) is -0.250. The molecule has 33 heavy (non-hydrogen) atoms. The van der Waals surface area contributed by atoms with Gasteiger partial charge in [-0.3, -0.25) is 14.5 Å². The number of amides is 2. The van der Waals surface area contributed by atoms with Crippen LogP contribution < -0.4 is 15.5 Å². The maximum atomic E-state index is 13.5. The lowest BCUT2D eigenvalue weighted by Crippen LogP contribution is -2.48. The molecule has 2 unspecified atom stereocenters. The number of nitrogens with zero attached hydrogens (tertiary/aromatic N) is 2. The van der Waals surface area contributed by atoms with Gasteiger partial charge in [-0.25, -0.2) is 0 Å². The Morgan fingerprint density at radius 1 is 0.879 bits per heavy atom. The number of carbonyl (C=O) groups excluding carboxylic acids is 2. The SMILES string of the molecule is CCCC(NC(=O)C(c1ccccc1)N1CCCC1)C(=O)Nc1cccc(N2CCCC2)c1. The Bertz CT molecular complexity index is 921. The standard InChI is InChI=1S/C27H36N4O2/c1-2-11-24(26(32)28-22-14-10-15-23(20-22)30-16-6-7-17-30)29-27(33)25(31-18-8-9-19-31)21-12-4-3-5-13-21/h3-5,10,12-15,20,24-25H,2,6-9,11,16-19H2,1H3,(H,28,32)(H,29,33). The topological polar surface area (TPSA) is 64.7 Å². The Hall–Kier alpha value is -2.86. The normalized spacial score (nSPS) is 18.2. The summed E-state index contributed by atoms with van der Waals surface area (Å²) in [5.41, 5.74) is 2.89. The second-order valence-corrected chi connectivity index (χ2v) is 9.14. The number of anilines is 2. The maximum absolute atomic E-state index is 13.5. The molecule has 2 aromatic carbocycles. The van der Waals surface area contributed by atoms with Gasteiger partial charge >= 0.3 is 0 Å². The van der Waals surface area contributed by atoms with Gasteiger partial charge in [0.05, 0.1) is 0 Å². The van der Waals surface area contributed by atoms with E-state index in [0.29, 0.717) is 6.42 Å². The highest BCUT2D eigenvalue weighted by atomic mass is 16.2. The third kappa shape index (κ3) is 5.93. The van der Waals surface area contributed by atoms with Crippen molar-refractivity contribution in [2.45, 2.75) is 57.5 Å². The third-order valence-electron chi connectivity index (χ3n) is 6.66. The zero-order valence-corrected chi connectivity index (χ0v) is 19.6. The second-order valence-electron chi connectivity index (χ2n) is 9.14. The molecule has 6 nitrogen and oxygen atoms in total. The minimum Gasteiger partial charge on any atom is -0.371 e. The van der Waals surface area contributed by atoms with E-state index in [9.17, 15) is 9.59 Å². The molecule has 0 aliphatic carbocycles. The molecular formula is C27H36N4O2. The van der Waals surface area contributed by atoms with Gasteiger partial charge in [-0.05, 0) is 69.0 Å². The van der Waals surface area contributed by atoms with E-state index in [2.05, 4.69) is 26.5 Å². The van der Waals surface area contributed by atoms with Crippen LogP contribution in [0.25, 0.3) is 0 Å². The minimum atomic E-state index is -0.563. The Kier molecular flexibility index (Phi) is 8.00. The maximum Gasteiger partial charge on any atom is 0.246 e. The Labute approximate surface area is 197 Å². The Balaban J connectivity index is 1.46. The summed E-state index contributed by atoms with van der Waals surface area (Å²) in [7, 11) is 0. The van der Waals surface area contributed by atoms with Gasteiger partial charge in [0.25, 0.3) is 0 Å². The van der Waals surface area contributed by atoms with Crippen molar-refractivity contribution < 1.29 is 9.59 Å². The predicted molar refractivity (Wildman–Crippen MR) is 133 cm³/mol. The molecule has 4 rings (SSSR count). The van der Waals surface area contributed by atoms with Crippen molar-refractivity contribution in [3.05, 3.63) is 60.2 Å². The zero-order chi connectivity index (χ0) is 23.0. The molecule has 0 bridgehead atoms. The summed E-state index contributed by atoms with van der Waals surface area (Å²) in [6.45, 7) is 5.96. The smallest absolute Gasteiger partial charge is 0.246 e. The molecule has 2 heterocycles. The first-order chi connectivity index (χ1) is 16.2. The molecule has 176 valence electrons. The number of benzene rings is 2. The Morgan fingerprint density at radius 3 is 2.27 bits per heavy atom. The van der Waals surface area contributed by atoms with Crippen LogP contribution in [-0.2, 0) is 9.59 Å². The third-order valence-corrected chi connectivity index (χ3v) is 6.66. The Morgan fingerprint density at radius 2 is 1.58 bits per heavy atom. The molecule has 2 aliphatic heterocycles. The van der Waals surface area contributed by atoms with Crippen LogP contribution in [0.1, 0.15) is 57.1 Å². The fourth-order valence-corrected chi connectivity index (χ4v) is 4.96. The lowest BCUT2D eigenvalue weighted by atomic mass is 10.0. The number of carbonyl (C=O) groups is 2.